The quantitative estimate of drug-likeness (QED) is 0.865. The maximum absolute atomic E-state index is 5.33. The van der Waals surface area contributed by atoms with Crippen LogP contribution in [0, 0.1) is 0 Å². The molecule has 102 valence electrons. The van der Waals surface area contributed by atoms with Gasteiger partial charge in [0.05, 0.1) is 5.54 Å². The highest BCUT2D eigenvalue weighted by Crippen LogP contribution is 2.25. The molecule has 0 aromatic carbocycles. The second-order valence-electron chi connectivity index (χ2n) is 5.05. The van der Waals surface area contributed by atoms with Crippen molar-refractivity contribution in [1.82, 2.24) is 20.4 Å². The lowest BCUT2D eigenvalue weighted by Gasteiger charge is -2.38. The third-order valence-corrected chi connectivity index (χ3v) is 4.06. The van der Waals surface area contributed by atoms with Gasteiger partial charge in [0.1, 0.15) is 0 Å². The van der Waals surface area contributed by atoms with Crippen molar-refractivity contribution in [2.45, 2.75) is 25.8 Å². The van der Waals surface area contributed by atoms with Crippen molar-refractivity contribution in [2.24, 2.45) is 0 Å². The molecular formula is C12H22N4OS. The molecule has 0 radical (unpaired) electrons. The van der Waals surface area contributed by atoms with Crippen LogP contribution in [0.25, 0.3) is 0 Å². The Morgan fingerprint density at radius 3 is 2.78 bits per heavy atom. The molecule has 1 saturated heterocycles. The smallest absolute Gasteiger partial charge is 0.227 e. The molecule has 2 heterocycles. The third kappa shape index (κ3) is 3.05. The summed E-state index contributed by atoms with van der Waals surface area (Å²) in [6.45, 7) is 8.45. The summed E-state index contributed by atoms with van der Waals surface area (Å²) >= 11 is 1.79. The molecule has 1 aliphatic heterocycles. The molecule has 0 amide bonds. The predicted octanol–water partition coefficient (Wildman–Crippen LogP) is 1.12. The van der Waals surface area contributed by atoms with E-state index in [1.807, 2.05) is 0 Å². The molecule has 2 rings (SSSR count). The number of thioether (sulfide) groups is 1. The zero-order chi connectivity index (χ0) is 13.0. The number of aromatic nitrogens is 2. The summed E-state index contributed by atoms with van der Waals surface area (Å²) in [5.74, 6) is 2.58. The number of hydrogen-bond donors (Lipinski definition) is 1. The highest BCUT2D eigenvalue weighted by Gasteiger charge is 2.34. The van der Waals surface area contributed by atoms with Gasteiger partial charge in [0.25, 0.3) is 0 Å². The molecular weight excluding hydrogens is 248 g/mol. The standard InChI is InChI=1S/C12H22N4OS/c1-12(2,16-7-5-13-6-8-16)11-14-10(17-15-11)4-9-18-3/h13H,4-9H2,1-3H3. The first-order valence-corrected chi connectivity index (χ1v) is 7.82. The Hall–Kier alpha value is -0.590. The maximum Gasteiger partial charge on any atom is 0.227 e. The van der Waals surface area contributed by atoms with Crippen molar-refractivity contribution in [1.29, 1.82) is 0 Å². The van der Waals surface area contributed by atoms with Crippen LogP contribution >= 0.6 is 11.8 Å². The Balaban J connectivity index is 2.05. The van der Waals surface area contributed by atoms with Gasteiger partial charge in [-0.1, -0.05) is 5.16 Å². The van der Waals surface area contributed by atoms with Crippen molar-refractivity contribution in [3.8, 4) is 0 Å². The molecule has 1 aromatic heterocycles. The largest absolute Gasteiger partial charge is 0.339 e. The monoisotopic (exact) mass is 270 g/mol. The highest BCUT2D eigenvalue weighted by molar-refractivity contribution is 7.98. The van der Waals surface area contributed by atoms with E-state index >= 15 is 0 Å². The molecule has 0 bridgehead atoms. The number of nitrogens with zero attached hydrogens (tertiary/aromatic N) is 3. The second-order valence-corrected chi connectivity index (χ2v) is 6.04. The highest BCUT2D eigenvalue weighted by atomic mass is 32.2. The summed E-state index contributed by atoms with van der Waals surface area (Å²) in [5, 5.41) is 7.52. The molecule has 1 N–H and O–H groups in total. The topological polar surface area (TPSA) is 54.2 Å². The number of rotatable bonds is 5. The molecule has 6 heteroatoms. The van der Waals surface area contributed by atoms with Crippen LogP contribution in [0.15, 0.2) is 4.52 Å². The minimum absolute atomic E-state index is 0.150. The van der Waals surface area contributed by atoms with Crippen LogP contribution in [-0.4, -0.2) is 53.2 Å². The summed E-state index contributed by atoms with van der Waals surface area (Å²) in [4.78, 5) is 6.95. The van der Waals surface area contributed by atoms with Gasteiger partial charge < -0.3 is 9.84 Å². The molecule has 5 nitrogen and oxygen atoms in total. The molecule has 18 heavy (non-hydrogen) atoms. The Morgan fingerprint density at radius 1 is 1.39 bits per heavy atom. The van der Waals surface area contributed by atoms with Crippen LogP contribution in [0.4, 0.5) is 0 Å². The first-order valence-electron chi connectivity index (χ1n) is 6.42. The molecule has 1 aliphatic rings. The summed E-state index contributed by atoms with van der Waals surface area (Å²) < 4.78 is 5.33. The number of piperazine rings is 1. The third-order valence-electron chi connectivity index (χ3n) is 3.44. The van der Waals surface area contributed by atoms with Crippen LogP contribution in [0.2, 0.25) is 0 Å². The van der Waals surface area contributed by atoms with Gasteiger partial charge >= 0.3 is 0 Å². The lowest BCUT2D eigenvalue weighted by molar-refractivity contribution is 0.0924. The van der Waals surface area contributed by atoms with E-state index in [4.69, 9.17) is 4.52 Å². The van der Waals surface area contributed by atoms with Gasteiger partial charge in [-0.25, -0.2) is 0 Å². The first-order chi connectivity index (χ1) is 8.64. The van der Waals surface area contributed by atoms with Crippen molar-refractivity contribution in [2.75, 3.05) is 38.2 Å². The summed E-state index contributed by atoms with van der Waals surface area (Å²) in [7, 11) is 0. The Labute approximate surface area is 113 Å². The lowest BCUT2D eigenvalue weighted by Crippen LogP contribution is -2.52. The molecule has 0 aliphatic carbocycles. The van der Waals surface area contributed by atoms with Gasteiger partial charge in [-0.3, -0.25) is 4.90 Å². The minimum Gasteiger partial charge on any atom is -0.339 e. The van der Waals surface area contributed by atoms with Crippen molar-refractivity contribution >= 4 is 11.8 Å². The molecule has 0 saturated carbocycles. The lowest BCUT2D eigenvalue weighted by atomic mass is 10.0. The second kappa shape index (κ2) is 6.04. The SMILES string of the molecule is CSCCc1nc(C(C)(C)N2CCNCC2)no1. The molecule has 0 atom stereocenters. The average Bonchev–Trinajstić information content (AvgIpc) is 2.87. The predicted molar refractivity (Wildman–Crippen MR) is 73.9 cm³/mol. The van der Waals surface area contributed by atoms with Crippen LogP contribution in [0.1, 0.15) is 25.6 Å². The normalized spacial score (nSPS) is 18.2. The molecule has 0 unspecified atom stereocenters. The summed E-state index contributed by atoms with van der Waals surface area (Å²) in [6.07, 6.45) is 2.94. The molecule has 0 spiro atoms. The van der Waals surface area contributed by atoms with Gasteiger partial charge in [0.15, 0.2) is 5.82 Å². The number of aryl methyl sites for hydroxylation is 1. The van der Waals surface area contributed by atoms with Crippen LogP contribution in [0.3, 0.4) is 0 Å². The fourth-order valence-electron chi connectivity index (χ4n) is 2.16. The summed E-state index contributed by atoms with van der Waals surface area (Å²) in [6, 6.07) is 0. The number of nitrogens with one attached hydrogen (secondary N) is 1. The van der Waals surface area contributed by atoms with Gasteiger partial charge in [-0.05, 0) is 20.1 Å². The van der Waals surface area contributed by atoms with Crippen molar-refractivity contribution in [3.05, 3.63) is 11.7 Å². The van der Waals surface area contributed by atoms with Gasteiger partial charge in [-0.2, -0.15) is 16.7 Å². The molecule has 1 fully saturated rings. The van der Waals surface area contributed by atoms with E-state index in [0.29, 0.717) is 0 Å². The van der Waals surface area contributed by atoms with E-state index in [1.165, 1.54) is 0 Å². The van der Waals surface area contributed by atoms with Crippen LogP contribution in [0.5, 0.6) is 0 Å². The van der Waals surface area contributed by atoms with E-state index < -0.39 is 0 Å². The maximum atomic E-state index is 5.33. The van der Waals surface area contributed by atoms with E-state index in [0.717, 1.165) is 50.1 Å². The van der Waals surface area contributed by atoms with E-state index in [9.17, 15) is 0 Å². The van der Waals surface area contributed by atoms with E-state index in [2.05, 4.69) is 40.5 Å². The zero-order valence-electron chi connectivity index (χ0n) is 11.4. The van der Waals surface area contributed by atoms with Gasteiger partial charge in [0, 0.05) is 38.4 Å². The van der Waals surface area contributed by atoms with E-state index in [1.54, 1.807) is 11.8 Å². The van der Waals surface area contributed by atoms with Crippen LogP contribution < -0.4 is 5.32 Å². The zero-order valence-corrected chi connectivity index (χ0v) is 12.2. The van der Waals surface area contributed by atoms with Gasteiger partial charge in [-0.15, -0.1) is 0 Å². The van der Waals surface area contributed by atoms with Crippen molar-refractivity contribution in [3.63, 3.8) is 0 Å². The minimum atomic E-state index is -0.150. The molecule has 1 aromatic rings. The fourth-order valence-corrected chi connectivity index (χ4v) is 2.54. The van der Waals surface area contributed by atoms with Crippen molar-refractivity contribution < 1.29 is 4.52 Å². The first kappa shape index (κ1) is 13.8. The van der Waals surface area contributed by atoms with Gasteiger partial charge in [0.2, 0.25) is 5.89 Å². The Bertz CT molecular complexity index is 374. The van der Waals surface area contributed by atoms with Crippen LogP contribution in [-0.2, 0) is 12.0 Å². The van der Waals surface area contributed by atoms with E-state index in [-0.39, 0.29) is 5.54 Å². The number of hydrogen-bond acceptors (Lipinski definition) is 6. The average molecular weight is 270 g/mol. The Kier molecular flexibility index (Phi) is 4.64. The summed E-state index contributed by atoms with van der Waals surface area (Å²) in [5.41, 5.74) is -0.150. The Morgan fingerprint density at radius 2 is 2.11 bits per heavy atom. The fraction of sp³-hybridized carbons (Fsp3) is 0.833.